The molecule has 1 saturated carbocycles. The summed E-state index contributed by atoms with van der Waals surface area (Å²) in [4.78, 5) is 12.0. The van der Waals surface area contributed by atoms with Crippen molar-refractivity contribution < 1.29 is 9.18 Å². The highest BCUT2D eigenvalue weighted by Gasteiger charge is 2.18. The molecule has 2 rings (SSSR count). The highest BCUT2D eigenvalue weighted by Crippen LogP contribution is 2.28. The molecule has 98 valence electrons. The molecule has 0 aromatic heterocycles. The molecule has 3 heteroatoms. The first kappa shape index (κ1) is 13.5. The smallest absolute Gasteiger partial charge is 0.165 e. The van der Waals surface area contributed by atoms with Crippen LogP contribution in [0.15, 0.2) is 18.2 Å². The van der Waals surface area contributed by atoms with Crippen LogP contribution in [-0.4, -0.2) is 5.78 Å². The lowest BCUT2D eigenvalue weighted by atomic mass is 9.85. The van der Waals surface area contributed by atoms with Gasteiger partial charge in [0.05, 0.1) is 10.6 Å². The normalized spacial score (nSPS) is 16.8. The van der Waals surface area contributed by atoms with Crippen LogP contribution in [0, 0.1) is 11.7 Å². The monoisotopic (exact) mass is 268 g/mol. The lowest BCUT2D eigenvalue weighted by Crippen LogP contribution is -2.10. The molecule has 0 amide bonds. The Hall–Kier alpha value is -0.890. The number of rotatable bonds is 4. The molecule has 0 radical (unpaired) electrons. The Balaban J connectivity index is 1.93. The van der Waals surface area contributed by atoms with Crippen LogP contribution in [0.2, 0.25) is 5.02 Å². The van der Waals surface area contributed by atoms with E-state index < -0.39 is 5.82 Å². The molecular weight excluding hydrogens is 251 g/mol. The summed E-state index contributed by atoms with van der Waals surface area (Å²) in [6.45, 7) is 0. The fourth-order valence-electron chi connectivity index (χ4n) is 2.66. The van der Waals surface area contributed by atoms with Crippen molar-refractivity contribution in [1.29, 1.82) is 0 Å². The Morgan fingerprint density at radius 2 is 2.00 bits per heavy atom. The van der Waals surface area contributed by atoms with Gasteiger partial charge in [-0.3, -0.25) is 4.79 Å². The number of benzene rings is 1. The van der Waals surface area contributed by atoms with Gasteiger partial charge >= 0.3 is 0 Å². The van der Waals surface area contributed by atoms with Gasteiger partial charge in [-0.15, -0.1) is 0 Å². The largest absolute Gasteiger partial charge is 0.294 e. The van der Waals surface area contributed by atoms with Gasteiger partial charge in [0.25, 0.3) is 0 Å². The minimum Gasteiger partial charge on any atom is -0.294 e. The Kier molecular flexibility index (Phi) is 4.76. The second kappa shape index (κ2) is 6.33. The highest BCUT2D eigenvalue weighted by atomic mass is 35.5. The van der Waals surface area contributed by atoms with E-state index in [2.05, 4.69) is 0 Å². The Morgan fingerprint density at radius 1 is 1.28 bits per heavy atom. The topological polar surface area (TPSA) is 17.1 Å². The average Bonchev–Trinajstić information content (AvgIpc) is 2.40. The van der Waals surface area contributed by atoms with Crippen molar-refractivity contribution in [2.75, 3.05) is 0 Å². The van der Waals surface area contributed by atoms with Gasteiger partial charge in [-0.1, -0.05) is 49.8 Å². The van der Waals surface area contributed by atoms with Crippen LogP contribution in [0.1, 0.15) is 55.3 Å². The minimum absolute atomic E-state index is 0.0264. The van der Waals surface area contributed by atoms with Gasteiger partial charge in [-0.05, 0) is 24.5 Å². The lowest BCUT2D eigenvalue weighted by Gasteiger charge is -2.20. The van der Waals surface area contributed by atoms with E-state index in [4.69, 9.17) is 11.6 Å². The molecule has 0 aliphatic heterocycles. The molecule has 0 atom stereocenters. The summed E-state index contributed by atoms with van der Waals surface area (Å²) in [5, 5.41) is 0.0264. The summed E-state index contributed by atoms with van der Waals surface area (Å²) in [7, 11) is 0. The van der Waals surface area contributed by atoms with Crippen LogP contribution in [0.25, 0.3) is 0 Å². The van der Waals surface area contributed by atoms with Crippen LogP contribution < -0.4 is 0 Å². The van der Waals surface area contributed by atoms with E-state index in [0.717, 1.165) is 6.42 Å². The molecule has 1 aliphatic carbocycles. The van der Waals surface area contributed by atoms with Crippen molar-refractivity contribution in [3.05, 3.63) is 34.6 Å². The quantitative estimate of drug-likeness (QED) is 0.701. The molecule has 18 heavy (non-hydrogen) atoms. The van der Waals surface area contributed by atoms with Crippen LogP contribution in [-0.2, 0) is 0 Å². The third-order valence-corrected chi connectivity index (χ3v) is 4.05. The number of hydrogen-bond acceptors (Lipinski definition) is 1. The summed E-state index contributed by atoms with van der Waals surface area (Å²) in [6, 6.07) is 4.61. The van der Waals surface area contributed by atoms with Crippen LogP contribution in [0.5, 0.6) is 0 Å². The van der Waals surface area contributed by atoms with Gasteiger partial charge in [0.2, 0.25) is 0 Å². The number of halogens is 2. The van der Waals surface area contributed by atoms with Gasteiger partial charge in [0.15, 0.2) is 11.6 Å². The summed E-state index contributed by atoms with van der Waals surface area (Å²) in [6.07, 6.45) is 7.59. The van der Waals surface area contributed by atoms with Gasteiger partial charge < -0.3 is 0 Å². The molecule has 0 saturated heterocycles. The summed E-state index contributed by atoms with van der Waals surface area (Å²) in [5.41, 5.74) is 0.137. The van der Waals surface area contributed by atoms with E-state index in [1.54, 1.807) is 6.07 Å². The molecule has 0 bridgehead atoms. The minimum atomic E-state index is -0.576. The molecule has 1 aromatic carbocycles. The molecule has 0 spiro atoms. The number of hydrogen-bond donors (Lipinski definition) is 0. The summed E-state index contributed by atoms with van der Waals surface area (Å²) < 4.78 is 13.7. The molecule has 0 N–H and O–H groups in total. The van der Waals surface area contributed by atoms with E-state index >= 15 is 0 Å². The molecule has 1 aromatic rings. The maximum atomic E-state index is 13.7. The Labute approximate surface area is 112 Å². The zero-order chi connectivity index (χ0) is 13.0. The highest BCUT2D eigenvalue weighted by molar-refractivity contribution is 6.31. The molecule has 1 fully saturated rings. The fourth-order valence-corrected chi connectivity index (χ4v) is 2.84. The van der Waals surface area contributed by atoms with Gasteiger partial charge in [-0.2, -0.15) is 0 Å². The van der Waals surface area contributed by atoms with E-state index in [9.17, 15) is 9.18 Å². The second-order valence-corrected chi connectivity index (χ2v) is 5.47. The van der Waals surface area contributed by atoms with E-state index in [0.29, 0.717) is 12.3 Å². The van der Waals surface area contributed by atoms with Crippen molar-refractivity contribution in [3.63, 3.8) is 0 Å². The third-order valence-electron chi connectivity index (χ3n) is 3.76. The SMILES string of the molecule is O=C(CCC1CCCCC1)c1cccc(Cl)c1F. The molecule has 1 aliphatic rings. The standard InChI is InChI=1S/C15H18ClFO/c16-13-8-4-7-12(15(13)17)14(18)10-9-11-5-2-1-3-6-11/h4,7-8,11H,1-3,5-6,9-10H2. The zero-order valence-corrected chi connectivity index (χ0v) is 11.2. The fraction of sp³-hybridized carbons (Fsp3) is 0.533. The lowest BCUT2D eigenvalue weighted by molar-refractivity contribution is 0.0966. The van der Waals surface area contributed by atoms with Crippen molar-refractivity contribution >= 4 is 17.4 Å². The van der Waals surface area contributed by atoms with Crippen molar-refractivity contribution in [3.8, 4) is 0 Å². The molecular formula is C15H18ClFO. The van der Waals surface area contributed by atoms with E-state index in [1.807, 2.05) is 0 Å². The maximum absolute atomic E-state index is 13.7. The third kappa shape index (κ3) is 3.32. The Bertz CT molecular complexity index is 425. The number of Topliss-reactive ketones (excluding diaryl/α,β-unsaturated/α-hetero) is 1. The number of ketones is 1. The van der Waals surface area contributed by atoms with Gasteiger partial charge in [-0.25, -0.2) is 4.39 Å². The number of carbonyl (C=O) groups excluding carboxylic acids is 1. The average molecular weight is 269 g/mol. The zero-order valence-electron chi connectivity index (χ0n) is 10.4. The van der Waals surface area contributed by atoms with E-state index in [-0.39, 0.29) is 16.4 Å². The first-order valence-corrected chi connectivity index (χ1v) is 7.03. The first-order valence-electron chi connectivity index (χ1n) is 6.65. The predicted octanol–water partition coefficient (Wildman–Crippen LogP) is 5.02. The maximum Gasteiger partial charge on any atom is 0.165 e. The van der Waals surface area contributed by atoms with Crippen LogP contribution in [0.4, 0.5) is 4.39 Å². The van der Waals surface area contributed by atoms with Crippen molar-refractivity contribution in [2.45, 2.75) is 44.9 Å². The second-order valence-electron chi connectivity index (χ2n) is 5.07. The Morgan fingerprint density at radius 3 is 2.72 bits per heavy atom. The first-order chi connectivity index (χ1) is 8.68. The number of carbonyl (C=O) groups is 1. The van der Waals surface area contributed by atoms with E-state index in [1.165, 1.54) is 44.2 Å². The molecule has 0 heterocycles. The summed E-state index contributed by atoms with van der Waals surface area (Å²) >= 11 is 5.68. The summed E-state index contributed by atoms with van der Waals surface area (Å²) in [5.74, 6) is -0.0571. The predicted molar refractivity (Wildman–Crippen MR) is 71.5 cm³/mol. The molecule has 0 unspecified atom stereocenters. The van der Waals surface area contributed by atoms with Gasteiger partial charge in [0, 0.05) is 6.42 Å². The van der Waals surface area contributed by atoms with Crippen molar-refractivity contribution in [1.82, 2.24) is 0 Å². The van der Waals surface area contributed by atoms with Crippen LogP contribution in [0.3, 0.4) is 0 Å². The van der Waals surface area contributed by atoms with Crippen molar-refractivity contribution in [2.24, 2.45) is 5.92 Å². The molecule has 1 nitrogen and oxygen atoms in total. The van der Waals surface area contributed by atoms with Crippen LogP contribution >= 0.6 is 11.6 Å². The van der Waals surface area contributed by atoms with Gasteiger partial charge in [0.1, 0.15) is 0 Å².